The Morgan fingerprint density at radius 3 is 2.86 bits per heavy atom. The normalized spacial score (nSPS) is 9.93. The van der Waals surface area contributed by atoms with Crippen molar-refractivity contribution < 1.29 is 19.0 Å². The lowest BCUT2D eigenvalue weighted by atomic mass is 10.1. The Morgan fingerprint density at radius 2 is 2.29 bits per heavy atom. The summed E-state index contributed by atoms with van der Waals surface area (Å²) in [5.74, 6) is -1.33. The Bertz CT molecular complexity index is 365. The smallest absolute Gasteiger partial charge is 0.310 e. The average Bonchev–Trinajstić information content (AvgIpc) is 2.19. The summed E-state index contributed by atoms with van der Waals surface area (Å²) in [5.41, 5.74) is 0.324. The molecule has 0 unspecified atom stereocenters. The number of phenols is 1. The number of carbonyl (C=O) groups is 1. The van der Waals surface area contributed by atoms with Gasteiger partial charge in [-0.2, -0.15) is 0 Å². The van der Waals surface area contributed by atoms with E-state index in [1.165, 1.54) is 19.2 Å². The number of methoxy groups -OCH3 is 1. The van der Waals surface area contributed by atoms with Gasteiger partial charge >= 0.3 is 5.97 Å². The van der Waals surface area contributed by atoms with Crippen LogP contribution in [0.15, 0.2) is 16.6 Å². The molecule has 0 aliphatic carbocycles. The van der Waals surface area contributed by atoms with E-state index in [9.17, 15) is 14.3 Å². The number of aromatic hydroxyl groups is 1. The fourth-order valence-electron chi connectivity index (χ4n) is 0.950. The number of ether oxygens (including phenoxy) is 1. The van der Waals surface area contributed by atoms with Gasteiger partial charge in [-0.15, -0.1) is 0 Å². The molecule has 0 amide bonds. The quantitative estimate of drug-likeness (QED) is 0.830. The third kappa shape index (κ3) is 2.23. The monoisotopic (exact) mass is 262 g/mol. The Hall–Kier alpha value is -1.10. The van der Waals surface area contributed by atoms with Crippen molar-refractivity contribution in [2.75, 3.05) is 7.11 Å². The molecule has 76 valence electrons. The van der Waals surface area contributed by atoms with Crippen molar-refractivity contribution in [3.05, 3.63) is 28.0 Å². The summed E-state index contributed by atoms with van der Waals surface area (Å²) in [6.07, 6.45) is -0.0821. The molecule has 0 spiro atoms. The minimum Gasteiger partial charge on any atom is -0.506 e. The summed E-state index contributed by atoms with van der Waals surface area (Å²) in [5, 5.41) is 9.43. The van der Waals surface area contributed by atoms with E-state index >= 15 is 0 Å². The van der Waals surface area contributed by atoms with E-state index in [4.69, 9.17) is 0 Å². The Labute approximate surface area is 88.6 Å². The van der Waals surface area contributed by atoms with Crippen LogP contribution in [0.4, 0.5) is 4.39 Å². The maximum absolute atomic E-state index is 12.9. The lowest BCUT2D eigenvalue weighted by molar-refractivity contribution is -0.139. The van der Waals surface area contributed by atoms with E-state index in [1.54, 1.807) is 0 Å². The predicted octanol–water partition coefficient (Wildman–Crippen LogP) is 2.01. The van der Waals surface area contributed by atoms with Crippen LogP contribution in [0.3, 0.4) is 0 Å². The van der Waals surface area contributed by atoms with Crippen LogP contribution in [0.5, 0.6) is 5.75 Å². The molecule has 1 rings (SSSR count). The van der Waals surface area contributed by atoms with Gasteiger partial charge in [0.05, 0.1) is 18.0 Å². The van der Waals surface area contributed by atoms with Gasteiger partial charge in [0, 0.05) is 5.56 Å². The van der Waals surface area contributed by atoms with E-state index in [0.29, 0.717) is 5.56 Å². The van der Waals surface area contributed by atoms with E-state index in [0.717, 1.165) is 0 Å². The summed E-state index contributed by atoms with van der Waals surface area (Å²) in [7, 11) is 1.25. The van der Waals surface area contributed by atoms with Gasteiger partial charge in [-0.1, -0.05) is 6.07 Å². The largest absolute Gasteiger partial charge is 0.506 e. The van der Waals surface area contributed by atoms with Crippen LogP contribution < -0.4 is 0 Å². The van der Waals surface area contributed by atoms with Crippen LogP contribution in [-0.4, -0.2) is 18.2 Å². The van der Waals surface area contributed by atoms with Crippen molar-refractivity contribution in [1.82, 2.24) is 0 Å². The van der Waals surface area contributed by atoms with Crippen molar-refractivity contribution in [2.45, 2.75) is 6.42 Å². The first-order valence-corrected chi connectivity index (χ1v) is 4.58. The second kappa shape index (κ2) is 4.41. The summed E-state index contributed by atoms with van der Waals surface area (Å²) in [4.78, 5) is 10.9. The molecule has 14 heavy (non-hydrogen) atoms. The van der Waals surface area contributed by atoms with E-state index < -0.39 is 11.8 Å². The second-order valence-electron chi connectivity index (χ2n) is 2.62. The van der Waals surface area contributed by atoms with E-state index in [1.807, 2.05) is 0 Å². The fourth-order valence-corrected chi connectivity index (χ4v) is 1.34. The molecule has 0 fully saturated rings. The van der Waals surface area contributed by atoms with Gasteiger partial charge in [0.25, 0.3) is 0 Å². The number of esters is 1. The number of phenolic OH excluding ortho intramolecular Hbond substituents is 1. The molecule has 1 aromatic carbocycles. The zero-order valence-electron chi connectivity index (χ0n) is 7.38. The molecule has 0 heterocycles. The molecule has 0 aliphatic heterocycles. The third-order valence-electron chi connectivity index (χ3n) is 1.72. The van der Waals surface area contributed by atoms with E-state index in [2.05, 4.69) is 20.7 Å². The van der Waals surface area contributed by atoms with Crippen molar-refractivity contribution in [1.29, 1.82) is 0 Å². The Morgan fingerprint density at radius 1 is 1.64 bits per heavy atom. The molecule has 1 N–H and O–H groups in total. The first-order valence-electron chi connectivity index (χ1n) is 3.79. The molecule has 0 saturated carbocycles. The van der Waals surface area contributed by atoms with E-state index in [-0.39, 0.29) is 16.6 Å². The standard InChI is InChI=1S/C9H8BrFO3/c1-14-7(12)4-5-2-3-6(11)8(10)9(5)13/h2-3,13H,4H2,1H3. The SMILES string of the molecule is COC(=O)Cc1ccc(F)c(Br)c1O. The van der Waals surface area contributed by atoms with Crippen molar-refractivity contribution >= 4 is 21.9 Å². The number of hydrogen-bond acceptors (Lipinski definition) is 3. The molecule has 0 bridgehead atoms. The molecule has 0 aromatic heterocycles. The first-order chi connectivity index (χ1) is 6.56. The van der Waals surface area contributed by atoms with Crippen LogP contribution in [0, 0.1) is 5.82 Å². The second-order valence-corrected chi connectivity index (χ2v) is 3.42. The Balaban J connectivity index is 3.00. The highest BCUT2D eigenvalue weighted by atomic mass is 79.9. The van der Waals surface area contributed by atoms with Gasteiger partial charge < -0.3 is 9.84 Å². The maximum Gasteiger partial charge on any atom is 0.310 e. The van der Waals surface area contributed by atoms with Crippen molar-refractivity contribution in [3.8, 4) is 5.75 Å². The van der Waals surface area contributed by atoms with Crippen molar-refractivity contribution in [2.24, 2.45) is 0 Å². The van der Waals surface area contributed by atoms with Gasteiger partial charge in [0.1, 0.15) is 11.6 Å². The molecular formula is C9H8BrFO3. The number of benzene rings is 1. The molecule has 1 aromatic rings. The lowest BCUT2D eigenvalue weighted by Gasteiger charge is -2.05. The fraction of sp³-hybridized carbons (Fsp3) is 0.222. The summed E-state index contributed by atoms with van der Waals surface area (Å²) < 4.78 is 17.2. The van der Waals surface area contributed by atoms with Crippen LogP contribution in [0.1, 0.15) is 5.56 Å². The van der Waals surface area contributed by atoms with Gasteiger partial charge in [0.2, 0.25) is 0 Å². The molecule has 0 aliphatic rings. The zero-order chi connectivity index (χ0) is 10.7. The average molecular weight is 263 g/mol. The van der Waals surface area contributed by atoms with Gasteiger partial charge in [0.15, 0.2) is 0 Å². The van der Waals surface area contributed by atoms with Gasteiger partial charge in [-0.3, -0.25) is 4.79 Å². The summed E-state index contributed by atoms with van der Waals surface area (Å²) in [6.45, 7) is 0. The minimum absolute atomic E-state index is 0.0427. The van der Waals surface area contributed by atoms with Gasteiger partial charge in [-0.05, 0) is 22.0 Å². The highest BCUT2D eigenvalue weighted by Crippen LogP contribution is 2.30. The maximum atomic E-state index is 12.9. The molecule has 5 heteroatoms. The van der Waals surface area contributed by atoms with Crippen LogP contribution in [0.25, 0.3) is 0 Å². The summed E-state index contributed by atoms with van der Waals surface area (Å²) >= 11 is 2.86. The number of carbonyl (C=O) groups excluding carboxylic acids is 1. The highest BCUT2D eigenvalue weighted by molar-refractivity contribution is 9.10. The zero-order valence-corrected chi connectivity index (χ0v) is 8.97. The minimum atomic E-state index is -0.573. The lowest BCUT2D eigenvalue weighted by Crippen LogP contribution is -2.04. The van der Waals surface area contributed by atoms with Crippen LogP contribution in [-0.2, 0) is 16.0 Å². The summed E-state index contributed by atoms with van der Waals surface area (Å²) in [6, 6.07) is 2.51. The predicted molar refractivity (Wildman–Crippen MR) is 51.5 cm³/mol. The molecule has 0 atom stereocenters. The van der Waals surface area contributed by atoms with Crippen LogP contribution in [0.2, 0.25) is 0 Å². The first kappa shape index (κ1) is 11.0. The third-order valence-corrected chi connectivity index (χ3v) is 2.47. The highest BCUT2D eigenvalue weighted by Gasteiger charge is 2.13. The molecule has 0 saturated heterocycles. The molecule has 3 nitrogen and oxygen atoms in total. The Kier molecular flexibility index (Phi) is 3.46. The topological polar surface area (TPSA) is 46.5 Å². The van der Waals surface area contributed by atoms with Crippen molar-refractivity contribution in [3.63, 3.8) is 0 Å². The van der Waals surface area contributed by atoms with Crippen LogP contribution >= 0.6 is 15.9 Å². The number of hydrogen-bond donors (Lipinski definition) is 1. The number of halogens is 2. The number of rotatable bonds is 2. The van der Waals surface area contributed by atoms with Gasteiger partial charge in [-0.25, -0.2) is 4.39 Å². The molecule has 0 radical (unpaired) electrons. The molecular weight excluding hydrogens is 255 g/mol.